The number of amides is 1. The molecule has 1 amide bonds. The van der Waals surface area contributed by atoms with Gasteiger partial charge >= 0.3 is 33.7 Å². The van der Waals surface area contributed by atoms with E-state index in [1.165, 1.54) is 24.3 Å². The minimum atomic E-state index is -6.04. The van der Waals surface area contributed by atoms with Crippen LogP contribution in [-0.2, 0) is 29.2 Å². The monoisotopic (exact) mass is 601 g/mol. The van der Waals surface area contributed by atoms with Crippen LogP contribution in [0, 0.1) is 0 Å². The molecule has 212 valence electrons. The Morgan fingerprint density at radius 3 is 2.41 bits per heavy atom. The van der Waals surface area contributed by atoms with E-state index in [0.717, 1.165) is 19.2 Å². The van der Waals surface area contributed by atoms with Gasteiger partial charge in [-0.25, -0.2) is 4.79 Å². The summed E-state index contributed by atoms with van der Waals surface area (Å²) in [5, 5.41) is -0.00687. The molecule has 0 saturated carbocycles. The average molecular weight is 602 g/mol. The first kappa shape index (κ1) is 29.0. The summed E-state index contributed by atoms with van der Waals surface area (Å²) in [6.07, 6.45) is -7.66. The molecule has 1 heterocycles. The predicted molar refractivity (Wildman–Crippen MR) is 123 cm³/mol. The van der Waals surface area contributed by atoms with E-state index in [0.29, 0.717) is 4.90 Å². The molecule has 1 aliphatic heterocycles. The van der Waals surface area contributed by atoms with Gasteiger partial charge in [0.15, 0.2) is 0 Å². The van der Waals surface area contributed by atoms with Crippen molar-refractivity contribution in [1.82, 2.24) is 0 Å². The first-order chi connectivity index (χ1) is 18.0. The number of fused-ring (bicyclic) bond motifs is 3. The average Bonchev–Trinajstić information content (AvgIpc) is 3.01. The Hall–Kier alpha value is -3.04. The fourth-order valence-corrected chi connectivity index (χ4v) is 5.48. The van der Waals surface area contributed by atoms with E-state index in [1.54, 1.807) is 0 Å². The number of ether oxygens (including phenoxy) is 2. The van der Waals surface area contributed by atoms with Crippen molar-refractivity contribution in [3.8, 4) is 5.75 Å². The molecule has 0 saturated heterocycles. The zero-order valence-corrected chi connectivity index (χ0v) is 21.3. The van der Waals surface area contributed by atoms with E-state index in [2.05, 4.69) is 8.92 Å². The Morgan fingerprint density at radius 2 is 1.79 bits per heavy atom. The van der Waals surface area contributed by atoms with Gasteiger partial charge in [-0.1, -0.05) is 17.7 Å². The van der Waals surface area contributed by atoms with E-state index in [1.807, 2.05) is 0 Å². The number of carbonyl (C=O) groups is 2. The van der Waals surface area contributed by atoms with E-state index in [9.17, 15) is 44.3 Å². The fraction of sp³-hybridized carbons (Fsp3) is 0.391. The molecule has 0 N–H and O–H groups in total. The van der Waals surface area contributed by atoms with Crippen LogP contribution in [0.4, 0.5) is 32.0 Å². The Bertz CT molecular complexity index is 1430. The van der Waals surface area contributed by atoms with Crippen molar-refractivity contribution >= 4 is 39.3 Å². The number of carbonyl (C=O) groups excluding carboxylic acids is 2. The molecule has 16 heteroatoms. The number of hydrogen-bond acceptors (Lipinski definition) is 7. The Balaban J connectivity index is 1.84. The Labute approximate surface area is 222 Å². The van der Waals surface area contributed by atoms with Crippen LogP contribution in [0.15, 0.2) is 36.4 Å². The van der Waals surface area contributed by atoms with Gasteiger partial charge in [-0.15, -0.1) is 0 Å². The SMILES string of the molecule is COC(=O)c1ccc2c(c1)N(C(=O)C(F)(F)F)C[C@@]1(CCC(OS(=O)(=O)C(F)(F)F)c3cc(Cl)ccc31)CO2. The molecule has 2 aliphatic rings. The summed E-state index contributed by atoms with van der Waals surface area (Å²) >= 11 is 6.02. The number of methoxy groups -OCH3 is 1. The van der Waals surface area contributed by atoms with Crippen LogP contribution >= 0.6 is 11.6 Å². The lowest BCUT2D eigenvalue weighted by atomic mass is 9.69. The van der Waals surface area contributed by atoms with Crippen molar-refractivity contribution in [1.29, 1.82) is 0 Å². The number of nitrogens with zero attached hydrogens (tertiary/aromatic N) is 1. The number of esters is 1. The van der Waals surface area contributed by atoms with Gasteiger partial charge in [0.05, 0.1) is 25.0 Å². The van der Waals surface area contributed by atoms with Crippen LogP contribution in [0.1, 0.15) is 40.4 Å². The molecular weight excluding hydrogens is 584 g/mol. The first-order valence-electron chi connectivity index (χ1n) is 11.0. The largest absolute Gasteiger partial charge is 0.523 e. The van der Waals surface area contributed by atoms with Crippen molar-refractivity contribution < 1.29 is 58.0 Å². The van der Waals surface area contributed by atoms with Gasteiger partial charge < -0.3 is 14.4 Å². The van der Waals surface area contributed by atoms with Crippen molar-refractivity contribution in [2.75, 3.05) is 25.2 Å². The summed E-state index contributed by atoms with van der Waals surface area (Å²) in [4.78, 5) is 25.0. The normalized spacial score (nSPS) is 21.4. The zero-order chi connectivity index (χ0) is 29.0. The lowest BCUT2D eigenvalue weighted by Crippen LogP contribution is -2.51. The lowest BCUT2D eigenvalue weighted by molar-refractivity contribution is -0.170. The molecule has 1 unspecified atom stereocenters. The highest BCUT2D eigenvalue weighted by molar-refractivity contribution is 7.87. The molecular formula is C23H18ClF6NO7S. The van der Waals surface area contributed by atoms with E-state index in [-0.39, 0.29) is 46.2 Å². The van der Waals surface area contributed by atoms with Crippen molar-refractivity contribution in [3.63, 3.8) is 0 Å². The molecule has 2 atom stereocenters. The third kappa shape index (κ3) is 5.39. The number of anilines is 1. The third-order valence-corrected chi connectivity index (χ3v) is 7.75. The Kier molecular flexibility index (Phi) is 7.32. The topological polar surface area (TPSA) is 99.2 Å². The number of hydrogen-bond donors (Lipinski definition) is 0. The van der Waals surface area contributed by atoms with Gasteiger partial charge in [0.2, 0.25) is 0 Å². The maximum atomic E-state index is 13.7. The van der Waals surface area contributed by atoms with Gasteiger partial charge in [-0.3, -0.25) is 8.98 Å². The first-order valence-corrected chi connectivity index (χ1v) is 12.8. The predicted octanol–water partition coefficient (Wildman–Crippen LogP) is 5.05. The highest BCUT2D eigenvalue weighted by Crippen LogP contribution is 2.49. The van der Waals surface area contributed by atoms with Gasteiger partial charge in [-0.05, 0) is 54.3 Å². The van der Waals surface area contributed by atoms with Gasteiger partial charge in [0.25, 0.3) is 0 Å². The molecule has 0 fully saturated rings. The minimum Gasteiger partial charge on any atom is -0.490 e. The second-order valence-corrected chi connectivity index (χ2v) is 10.9. The molecule has 0 radical (unpaired) electrons. The Morgan fingerprint density at radius 1 is 1.10 bits per heavy atom. The summed E-state index contributed by atoms with van der Waals surface area (Å²) < 4.78 is 119. The molecule has 2 aromatic carbocycles. The van der Waals surface area contributed by atoms with E-state index in [4.69, 9.17) is 16.3 Å². The van der Waals surface area contributed by atoms with E-state index < -0.39 is 58.2 Å². The number of rotatable bonds is 3. The maximum Gasteiger partial charge on any atom is 0.523 e. The smallest absolute Gasteiger partial charge is 0.490 e. The van der Waals surface area contributed by atoms with Crippen LogP contribution in [0.3, 0.4) is 0 Å². The summed E-state index contributed by atoms with van der Waals surface area (Å²) in [5.41, 5.74) is -7.77. The maximum absolute atomic E-state index is 13.7. The molecule has 0 aromatic heterocycles. The molecule has 8 nitrogen and oxygen atoms in total. The van der Waals surface area contributed by atoms with Crippen molar-refractivity contribution in [2.24, 2.45) is 0 Å². The van der Waals surface area contributed by atoms with Crippen LogP contribution in [0.25, 0.3) is 0 Å². The van der Waals surface area contributed by atoms with Crippen molar-refractivity contribution in [2.45, 2.75) is 36.0 Å². The molecule has 39 heavy (non-hydrogen) atoms. The highest BCUT2D eigenvalue weighted by Gasteiger charge is 2.53. The van der Waals surface area contributed by atoms with Crippen LogP contribution in [0.2, 0.25) is 5.02 Å². The molecule has 2 aromatic rings. The van der Waals surface area contributed by atoms with Crippen LogP contribution < -0.4 is 9.64 Å². The second-order valence-electron chi connectivity index (χ2n) is 8.89. The van der Waals surface area contributed by atoms with Gasteiger partial charge in [0.1, 0.15) is 11.9 Å². The minimum absolute atomic E-state index is 0.00687. The van der Waals surface area contributed by atoms with E-state index >= 15 is 0 Å². The number of benzene rings is 2. The summed E-state index contributed by atoms with van der Waals surface area (Å²) in [6.45, 7) is -1.04. The summed E-state index contributed by atoms with van der Waals surface area (Å²) in [6, 6.07) is 7.17. The fourth-order valence-electron chi connectivity index (χ4n) is 4.68. The number of alkyl halides is 6. The van der Waals surface area contributed by atoms with Gasteiger partial charge in [-0.2, -0.15) is 34.8 Å². The molecule has 1 spiro atoms. The third-order valence-electron chi connectivity index (χ3n) is 6.47. The highest BCUT2D eigenvalue weighted by atomic mass is 35.5. The van der Waals surface area contributed by atoms with Crippen LogP contribution in [0.5, 0.6) is 5.75 Å². The van der Waals surface area contributed by atoms with Crippen LogP contribution in [-0.4, -0.2) is 52.2 Å². The summed E-state index contributed by atoms with van der Waals surface area (Å²) in [5.74, 6) is -3.35. The standard InChI is InChI=1S/C23H18ClF6NO7S/c1-36-19(32)12-2-5-18-16(8-12)31(20(33)22(25,26)27)10-21(11-37-18)7-6-17(38-39(34,35)23(28,29)30)14-9-13(24)3-4-15(14)21/h2-5,8-9,17H,6-7,10-11H2,1H3/t17?,21-/m0/s1. The second kappa shape index (κ2) is 9.86. The quantitative estimate of drug-likeness (QED) is 0.210. The lowest BCUT2D eigenvalue weighted by Gasteiger charge is -2.42. The number of halogens is 7. The zero-order valence-electron chi connectivity index (χ0n) is 19.7. The molecule has 1 aliphatic carbocycles. The molecule has 4 rings (SSSR count). The molecule has 0 bridgehead atoms. The van der Waals surface area contributed by atoms with Crippen molar-refractivity contribution in [3.05, 3.63) is 58.1 Å². The van der Waals surface area contributed by atoms with Gasteiger partial charge in [0, 0.05) is 17.0 Å². The summed E-state index contributed by atoms with van der Waals surface area (Å²) in [7, 11) is -4.98.